The quantitative estimate of drug-likeness (QED) is 0.795. The van der Waals surface area contributed by atoms with Gasteiger partial charge in [-0.25, -0.2) is 0 Å². The normalized spacial score (nSPS) is 23.8. The van der Waals surface area contributed by atoms with Crippen molar-refractivity contribution < 1.29 is 4.79 Å². The van der Waals surface area contributed by atoms with E-state index in [9.17, 15) is 9.59 Å². The van der Waals surface area contributed by atoms with Crippen LogP contribution in [0.3, 0.4) is 0 Å². The van der Waals surface area contributed by atoms with Crippen molar-refractivity contribution in [1.29, 1.82) is 0 Å². The number of rotatable bonds is 1. The van der Waals surface area contributed by atoms with Crippen LogP contribution in [0.25, 0.3) is 0 Å². The lowest BCUT2D eigenvalue weighted by molar-refractivity contribution is -0.113. The van der Waals surface area contributed by atoms with Crippen molar-refractivity contribution in [3.63, 3.8) is 0 Å². The summed E-state index contributed by atoms with van der Waals surface area (Å²) in [6, 6.07) is 0.283. The Balaban J connectivity index is 2.03. The monoisotopic (exact) mass is 351 g/mol. The number of amides is 1. The van der Waals surface area contributed by atoms with E-state index in [-0.39, 0.29) is 28.2 Å². The highest BCUT2D eigenvalue weighted by Gasteiger charge is 2.37. The summed E-state index contributed by atoms with van der Waals surface area (Å²) in [5.41, 5.74) is 0.633. The number of hydrogen-bond acceptors (Lipinski definition) is 3. The molecule has 2 aliphatic rings. The molecule has 134 valence electrons. The highest BCUT2D eigenvalue weighted by Crippen LogP contribution is 2.47. The molecular formula is C18H29N3O2S. The van der Waals surface area contributed by atoms with Crippen molar-refractivity contribution in [3.8, 4) is 0 Å². The molecule has 1 amide bonds. The third kappa shape index (κ3) is 3.58. The fraction of sp³-hybridized carbons (Fsp3) is 0.778. The zero-order valence-electron chi connectivity index (χ0n) is 15.0. The van der Waals surface area contributed by atoms with Gasteiger partial charge in [0.2, 0.25) is 5.91 Å². The summed E-state index contributed by atoms with van der Waals surface area (Å²) in [6.07, 6.45) is 8.34. The maximum Gasteiger partial charge on any atom is 0.270 e. The molecule has 0 radical (unpaired) electrons. The molecule has 6 heteroatoms. The molecule has 0 aromatic carbocycles. The number of aromatic amines is 1. The molecule has 1 aromatic heterocycles. The van der Waals surface area contributed by atoms with Crippen molar-refractivity contribution in [2.45, 2.75) is 77.0 Å². The number of thioether (sulfide) groups is 1. The number of anilines is 1. The first-order valence-electron chi connectivity index (χ1n) is 9.14. The number of nitrogens with zero attached hydrogens (tertiary/aromatic N) is 1. The summed E-state index contributed by atoms with van der Waals surface area (Å²) in [6.45, 7) is 6.41. The molecule has 2 heterocycles. The van der Waals surface area contributed by atoms with Crippen molar-refractivity contribution in [3.05, 3.63) is 15.9 Å². The molecule has 2 N–H and O–H groups in total. The summed E-state index contributed by atoms with van der Waals surface area (Å²) in [7, 11) is 0. The molecule has 1 atom stereocenters. The van der Waals surface area contributed by atoms with E-state index in [1.807, 2.05) is 4.68 Å². The van der Waals surface area contributed by atoms with E-state index in [0.717, 1.165) is 24.2 Å². The zero-order valence-corrected chi connectivity index (χ0v) is 15.8. The van der Waals surface area contributed by atoms with Crippen LogP contribution in [-0.4, -0.2) is 21.4 Å². The Morgan fingerprint density at radius 1 is 1.04 bits per heavy atom. The van der Waals surface area contributed by atoms with E-state index in [2.05, 4.69) is 31.2 Å². The van der Waals surface area contributed by atoms with Gasteiger partial charge in [0.25, 0.3) is 5.56 Å². The van der Waals surface area contributed by atoms with Gasteiger partial charge in [-0.3, -0.25) is 19.4 Å². The minimum Gasteiger partial charge on any atom is -0.310 e. The Hall–Kier alpha value is -1.17. The predicted octanol–water partition coefficient (Wildman–Crippen LogP) is 4.23. The van der Waals surface area contributed by atoms with Gasteiger partial charge in [-0.2, -0.15) is 0 Å². The van der Waals surface area contributed by atoms with Crippen molar-refractivity contribution >= 4 is 23.5 Å². The second-order valence-electron chi connectivity index (χ2n) is 8.18. The van der Waals surface area contributed by atoms with E-state index in [4.69, 9.17) is 0 Å². The van der Waals surface area contributed by atoms with E-state index in [1.54, 1.807) is 11.8 Å². The van der Waals surface area contributed by atoms with E-state index in [1.165, 1.54) is 32.1 Å². The summed E-state index contributed by atoms with van der Waals surface area (Å²) in [4.78, 5) is 25.0. The highest BCUT2D eigenvalue weighted by atomic mass is 32.2. The van der Waals surface area contributed by atoms with Crippen LogP contribution in [-0.2, 0) is 4.79 Å². The summed E-state index contributed by atoms with van der Waals surface area (Å²) in [5, 5.41) is 6.09. The number of aromatic nitrogens is 2. The Morgan fingerprint density at radius 2 is 1.67 bits per heavy atom. The highest BCUT2D eigenvalue weighted by molar-refractivity contribution is 8.00. The molecular weight excluding hydrogens is 322 g/mol. The molecule has 24 heavy (non-hydrogen) atoms. The van der Waals surface area contributed by atoms with E-state index >= 15 is 0 Å². The first-order chi connectivity index (χ1) is 11.4. The van der Waals surface area contributed by atoms with E-state index in [0.29, 0.717) is 5.75 Å². The Bertz CT molecular complexity index is 648. The van der Waals surface area contributed by atoms with Gasteiger partial charge in [-0.15, -0.1) is 11.8 Å². The maximum absolute atomic E-state index is 12.8. The molecule has 1 unspecified atom stereocenters. The summed E-state index contributed by atoms with van der Waals surface area (Å²) in [5.74, 6) is 1.12. The fourth-order valence-corrected chi connectivity index (χ4v) is 5.17. The number of carbonyl (C=O) groups excluding carboxylic acids is 1. The van der Waals surface area contributed by atoms with Gasteiger partial charge in [-0.05, 0) is 18.3 Å². The number of carbonyl (C=O) groups is 1. The lowest BCUT2D eigenvalue weighted by Crippen LogP contribution is -2.21. The average molecular weight is 352 g/mol. The number of H-pyrrole nitrogens is 1. The first kappa shape index (κ1) is 17.6. The molecule has 1 aliphatic carbocycles. The van der Waals surface area contributed by atoms with Crippen LogP contribution in [0.1, 0.15) is 82.6 Å². The summed E-state index contributed by atoms with van der Waals surface area (Å²) < 4.78 is 1.98. The minimum atomic E-state index is -0.0775. The topological polar surface area (TPSA) is 66.9 Å². The van der Waals surface area contributed by atoms with Gasteiger partial charge in [0.05, 0.1) is 17.4 Å². The average Bonchev–Trinajstić information content (AvgIpc) is 2.65. The van der Waals surface area contributed by atoms with Crippen molar-refractivity contribution in [2.75, 3.05) is 11.1 Å². The predicted molar refractivity (Wildman–Crippen MR) is 99.7 cm³/mol. The van der Waals surface area contributed by atoms with Crippen LogP contribution < -0.4 is 10.9 Å². The lowest BCUT2D eigenvalue weighted by Gasteiger charge is -2.28. The molecule has 1 saturated carbocycles. The second kappa shape index (κ2) is 6.98. The molecule has 1 fully saturated rings. The van der Waals surface area contributed by atoms with Gasteiger partial charge in [-0.1, -0.05) is 52.9 Å². The van der Waals surface area contributed by atoms with Crippen LogP contribution in [0.4, 0.5) is 5.82 Å². The van der Waals surface area contributed by atoms with Gasteiger partial charge in [0, 0.05) is 5.25 Å². The standard InChI is InChI=1S/C18H29N3O2S/c1-18(2,3)15-14-16(19-13(22)11-24-15)21(20-17(14)23)12-9-7-5-4-6-8-10-12/h12,15H,4-11H2,1-3H3,(H,19,22)(H,20,23). The van der Waals surface area contributed by atoms with Crippen LogP contribution in [0.15, 0.2) is 4.79 Å². The Morgan fingerprint density at radius 3 is 2.29 bits per heavy atom. The third-order valence-electron chi connectivity index (χ3n) is 5.09. The Labute approximate surface area is 147 Å². The van der Waals surface area contributed by atoms with Crippen molar-refractivity contribution in [1.82, 2.24) is 9.78 Å². The van der Waals surface area contributed by atoms with Crippen LogP contribution in [0.5, 0.6) is 0 Å². The van der Waals surface area contributed by atoms with Crippen molar-refractivity contribution in [2.24, 2.45) is 5.41 Å². The van der Waals surface area contributed by atoms with Gasteiger partial charge >= 0.3 is 0 Å². The largest absolute Gasteiger partial charge is 0.310 e. The minimum absolute atomic E-state index is 0.00778. The molecule has 1 aliphatic heterocycles. The van der Waals surface area contributed by atoms with Crippen LogP contribution in [0.2, 0.25) is 0 Å². The molecule has 3 rings (SSSR count). The molecule has 1 aromatic rings. The zero-order chi connectivity index (χ0) is 17.3. The van der Waals surface area contributed by atoms with Gasteiger partial charge in [0.1, 0.15) is 5.82 Å². The van der Waals surface area contributed by atoms with E-state index < -0.39 is 0 Å². The SMILES string of the molecule is CC(C)(C)C1SCC(=O)Nc2c1c(=O)[nH]n2C1CCCCCCC1. The molecule has 0 saturated heterocycles. The number of fused-ring (bicyclic) bond motifs is 1. The van der Waals surface area contributed by atoms with Gasteiger partial charge in [0.15, 0.2) is 0 Å². The molecule has 0 bridgehead atoms. The summed E-state index contributed by atoms with van der Waals surface area (Å²) >= 11 is 1.58. The Kier molecular flexibility index (Phi) is 5.13. The van der Waals surface area contributed by atoms with Crippen LogP contribution >= 0.6 is 11.8 Å². The lowest BCUT2D eigenvalue weighted by atomic mass is 9.88. The van der Waals surface area contributed by atoms with Crippen LogP contribution in [0, 0.1) is 5.41 Å². The fourth-order valence-electron chi connectivity index (χ4n) is 3.89. The molecule has 5 nitrogen and oxygen atoms in total. The maximum atomic E-state index is 12.8. The molecule has 0 spiro atoms. The number of nitrogens with one attached hydrogen (secondary N) is 2. The number of hydrogen-bond donors (Lipinski definition) is 2. The van der Waals surface area contributed by atoms with Gasteiger partial charge < -0.3 is 5.32 Å². The third-order valence-corrected chi connectivity index (χ3v) is 6.80. The second-order valence-corrected chi connectivity index (χ2v) is 9.27. The first-order valence-corrected chi connectivity index (χ1v) is 10.2. The smallest absolute Gasteiger partial charge is 0.270 e.